The zero-order valence-electron chi connectivity index (χ0n) is 14.4. The van der Waals surface area contributed by atoms with E-state index in [1.54, 1.807) is 33.1 Å². The number of aryl methyl sites for hydroxylation is 2. The average Bonchev–Trinajstić information content (AvgIpc) is 2.98. The highest BCUT2D eigenvalue weighted by molar-refractivity contribution is 5.94. The predicted molar refractivity (Wildman–Crippen MR) is 89.5 cm³/mol. The number of ether oxygens (including phenoxy) is 2. The van der Waals surface area contributed by atoms with Gasteiger partial charge in [-0.2, -0.15) is 0 Å². The zero-order chi connectivity index (χ0) is 17.7. The van der Waals surface area contributed by atoms with Gasteiger partial charge >= 0.3 is 5.97 Å². The molecule has 2 atom stereocenters. The maximum atomic E-state index is 12.4. The smallest absolute Gasteiger partial charge is 0.341 e. The SMILES string of the molecule is COC1CCCC1CNC(=O)c1cc(C)c(OCC(=O)O)c(C)c1. The summed E-state index contributed by atoms with van der Waals surface area (Å²) in [5.74, 6) is -0.281. The summed E-state index contributed by atoms with van der Waals surface area (Å²) < 4.78 is 10.7. The van der Waals surface area contributed by atoms with Crippen molar-refractivity contribution in [3.8, 4) is 5.75 Å². The van der Waals surface area contributed by atoms with Gasteiger partial charge in [-0.05, 0) is 49.9 Å². The molecule has 0 saturated heterocycles. The number of hydrogen-bond acceptors (Lipinski definition) is 4. The molecule has 1 aromatic rings. The molecule has 2 unspecified atom stereocenters. The van der Waals surface area contributed by atoms with Crippen molar-refractivity contribution in [3.63, 3.8) is 0 Å². The van der Waals surface area contributed by atoms with Crippen LogP contribution in [0.3, 0.4) is 0 Å². The van der Waals surface area contributed by atoms with Crippen LogP contribution in [0.4, 0.5) is 0 Å². The van der Waals surface area contributed by atoms with E-state index in [2.05, 4.69) is 5.32 Å². The van der Waals surface area contributed by atoms with Gasteiger partial charge in [-0.15, -0.1) is 0 Å². The number of carbonyl (C=O) groups excluding carboxylic acids is 1. The second-order valence-corrected chi connectivity index (χ2v) is 6.30. The number of methoxy groups -OCH3 is 1. The first-order chi connectivity index (χ1) is 11.4. The zero-order valence-corrected chi connectivity index (χ0v) is 14.4. The fourth-order valence-corrected chi connectivity index (χ4v) is 3.32. The van der Waals surface area contributed by atoms with Crippen LogP contribution in [-0.4, -0.2) is 43.3 Å². The summed E-state index contributed by atoms with van der Waals surface area (Å²) in [6.45, 7) is 3.82. The fourth-order valence-electron chi connectivity index (χ4n) is 3.32. The Morgan fingerprint density at radius 3 is 2.50 bits per heavy atom. The van der Waals surface area contributed by atoms with Gasteiger partial charge < -0.3 is 19.9 Å². The van der Waals surface area contributed by atoms with Crippen LogP contribution >= 0.6 is 0 Å². The largest absolute Gasteiger partial charge is 0.481 e. The molecule has 1 amide bonds. The molecular weight excluding hydrogens is 310 g/mol. The Bertz CT molecular complexity index is 590. The first kappa shape index (κ1) is 18.3. The van der Waals surface area contributed by atoms with Crippen LogP contribution in [0.15, 0.2) is 12.1 Å². The molecule has 0 heterocycles. The predicted octanol–water partition coefficient (Wildman–Crippen LogP) is 2.31. The fraction of sp³-hybridized carbons (Fsp3) is 0.556. The highest BCUT2D eigenvalue weighted by Crippen LogP contribution is 2.28. The van der Waals surface area contributed by atoms with E-state index in [1.807, 2.05) is 0 Å². The van der Waals surface area contributed by atoms with Gasteiger partial charge in [-0.3, -0.25) is 4.79 Å². The summed E-state index contributed by atoms with van der Waals surface area (Å²) in [6, 6.07) is 3.45. The van der Waals surface area contributed by atoms with Crippen molar-refractivity contribution in [1.82, 2.24) is 5.32 Å². The molecule has 132 valence electrons. The van der Waals surface area contributed by atoms with Crippen LogP contribution in [0.1, 0.15) is 40.7 Å². The highest BCUT2D eigenvalue weighted by atomic mass is 16.5. The Balaban J connectivity index is 2.00. The van der Waals surface area contributed by atoms with Crippen molar-refractivity contribution >= 4 is 11.9 Å². The Morgan fingerprint density at radius 2 is 1.92 bits per heavy atom. The van der Waals surface area contributed by atoms with Crippen molar-refractivity contribution in [3.05, 3.63) is 28.8 Å². The number of amides is 1. The molecule has 24 heavy (non-hydrogen) atoms. The van der Waals surface area contributed by atoms with Crippen molar-refractivity contribution in [2.75, 3.05) is 20.3 Å². The molecule has 0 spiro atoms. The van der Waals surface area contributed by atoms with Gasteiger partial charge in [0.25, 0.3) is 5.91 Å². The summed E-state index contributed by atoms with van der Waals surface area (Å²) in [5.41, 5.74) is 2.05. The number of rotatable bonds is 7. The topological polar surface area (TPSA) is 84.9 Å². The van der Waals surface area contributed by atoms with Gasteiger partial charge in [0.1, 0.15) is 5.75 Å². The second-order valence-electron chi connectivity index (χ2n) is 6.30. The molecule has 0 aromatic heterocycles. The molecular formula is C18H25NO5. The quantitative estimate of drug-likeness (QED) is 0.799. The second kappa shape index (κ2) is 8.15. The monoisotopic (exact) mass is 335 g/mol. The number of nitrogens with one attached hydrogen (secondary N) is 1. The van der Waals surface area contributed by atoms with E-state index in [9.17, 15) is 9.59 Å². The molecule has 0 radical (unpaired) electrons. The Hall–Kier alpha value is -2.08. The number of hydrogen-bond donors (Lipinski definition) is 2. The van der Waals surface area contributed by atoms with E-state index >= 15 is 0 Å². The van der Waals surface area contributed by atoms with Crippen molar-refractivity contribution in [1.29, 1.82) is 0 Å². The van der Waals surface area contributed by atoms with E-state index < -0.39 is 12.6 Å². The minimum atomic E-state index is -1.03. The number of carboxylic acids is 1. The van der Waals surface area contributed by atoms with E-state index in [-0.39, 0.29) is 12.0 Å². The summed E-state index contributed by atoms with van der Waals surface area (Å²) in [6.07, 6.45) is 3.47. The molecule has 0 aliphatic heterocycles. The lowest BCUT2D eigenvalue weighted by Gasteiger charge is -2.19. The van der Waals surface area contributed by atoms with Crippen molar-refractivity contribution in [2.24, 2.45) is 5.92 Å². The van der Waals surface area contributed by atoms with Crippen LogP contribution in [-0.2, 0) is 9.53 Å². The molecule has 1 saturated carbocycles. The first-order valence-corrected chi connectivity index (χ1v) is 8.19. The minimum absolute atomic E-state index is 0.132. The molecule has 2 N–H and O–H groups in total. The highest BCUT2D eigenvalue weighted by Gasteiger charge is 2.27. The average molecular weight is 335 g/mol. The van der Waals surface area contributed by atoms with Gasteiger partial charge in [0.05, 0.1) is 6.10 Å². The maximum Gasteiger partial charge on any atom is 0.341 e. The number of carboxylic acid groups (broad SMARTS) is 1. The molecule has 6 nitrogen and oxygen atoms in total. The normalized spacial score (nSPS) is 20.0. The third kappa shape index (κ3) is 4.47. The standard InChI is InChI=1S/C18H25NO5/c1-11-7-14(8-12(2)17(11)24-10-16(20)21)18(22)19-9-13-5-4-6-15(13)23-3/h7-8,13,15H,4-6,9-10H2,1-3H3,(H,19,22)(H,20,21). The van der Waals surface area contributed by atoms with Crippen LogP contribution in [0.25, 0.3) is 0 Å². The van der Waals surface area contributed by atoms with Crippen LogP contribution in [0.5, 0.6) is 5.75 Å². The van der Waals surface area contributed by atoms with Crippen LogP contribution < -0.4 is 10.1 Å². The van der Waals surface area contributed by atoms with Crippen LogP contribution in [0, 0.1) is 19.8 Å². The van der Waals surface area contributed by atoms with Crippen molar-refractivity contribution in [2.45, 2.75) is 39.2 Å². The van der Waals surface area contributed by atoms with Gasteiger partial charge in [0, 0.05) is 25.1 Å². The Kier molecular flexibility index (Phi) is 6.20. The molecule has 2 rings (SSSR count). The van der Waals surface area contributed by atoms with Gasteiger partial charge in [-0.25, -0.2) is 4.79 Å². The third-order valence-corrected chi connectivity index (χ3v) is 4.48. The van der Waals surface area contributed by atoms with E-state index in [1.165, 1.54) is 0 Å². The summed E-state index contributed by atoms with van der Waals surface area (Å²) >= 11 is 0. The molecule has 0 bridgehead atoms. The lowest BCUT2D eigenvalue weighted by molar-refractivity contribution is -0.139. The maximum absolute atomic E-state index is 12.4. The van der Waals surface area contributed by atoms with Crippen molar-refractivity contribution < 1.29 is 24.2 Å². The van der Waals surface area contributed by atoms with Gasteiger partial charge in [-0.1, -0.05) is 6.42 Å². The molecule has 1 aliphatic carbocycles. The lowest BCUT2D eigenvalue weighted by atomic mass is 10.0. The Labute approximate surface area is 142 Å². The van der Waals surface area contributed by atoms with Gasteiger partial charge in [0.15, 0.2) is 6.61 Å². The molecule has 1 aromatic carbocycles. The van der Waals surface area contributed by atoms with E-state index in [0.717, 1.165) is 30.4 Å². The Morgan fingerprint density at radius 1 is 1.25 bits per heavy atom. The van der Waals surface area contributed by atoms with E-state index in [0.29, 0.717) is 23.8 Å². The number of benzene rings is 1. The lowest BCUT2D eigenvalue weighted by Crippen LogP contribution is -2.33. The van der Waals surface area contributed by atoms with Gasteiger partial charge in [0.2, 0.25) is 0 Å². The molecule has 1 aliphatic rings. The minimum Gasteiger partial charge on any atom is -0.481 e. The number of carbonyl (C=O) groups is 2. The van der Waals surface area contributed by atoms with E-state index in [4.69, 9.17) is 14.6 Å². The first-order valence-electron chi connectivity index (χ1n) is 8.19. The van der Waals surface area contributed by atoms with Crippen LogP contribution in [0.2, 0.25) is 0 Å². The number of aliphatic carboxylic acids is 1. The summed E-state index contributed by atoms with van der Waals surface area (Å²) in [5, 5.41) is 11.7. The molecule has 1 fully saturated rings. The third-order valence-electron chi connectivity index (χ3n) is 4.48. The molecule has 6 heteroatoms. The summed E-state index contributed by atoms with van der Waals surface area (Å²) in [4.78, 5) is 23.0. The summed E-state index contributed by atoms with van der Waals surface area (Å²) in [7, 11) is 1.72.